The van der Waals surface area contributed by atoms with Crippen LogP contribution in [0.2, 0.25) is 0 Å². The van der Waals surface area contributed by atoms with Gasteiger partial charge >= 0.3 is 5.97 Å². The third-order valence-corrected chi connectivity index (χ3v) is 6.38. The van der Waals surface area contributed by atoms with Crippen LogP contribution in [0, 0.1) is 11.8 Å². The molecule has 1 saturated heterocycles. The molecule has 0 bridgehead atoms. The molecule has 0 unspecified atom stereocenters. The van der Waals surface area contributed by atoms with Crippen molar-refractivity contribution in [2.75, 3.05) is 26.2 Å². The number of nitrogens with zero attached hydrogens (tertiary/aromatic N) is 2. The van der Waals surface area contributed by atoms with E-state index in [0.717, 1.165) is 30.8 Å². The molecule has 4 rings (SSSR count). The predicted octanol–water partition coefficient (Wildman–Crippen LogP) is 5.52. The fourth-order valence-electron chi connectivity index (χ4n) is 4.70. The molecule has 1 heterocycles. The number of carbonyl (C=O) groups is 1. The zero-order chi connectivity index (χ0) is 25.5. The highest BCUT2D eigenvalue weighted by Gasteiger charge is 2.31. The topological polar surface area (TPSA) is 32.8 Å². The third-order valence-electron chi connectivity index (χ3n) is 6.38. The summed E-state index contributed by atoms with van der Waals surface area (Å²) in [6.45, 7) is 10.8. The van der Waals surface area contributed by atoms with E-state index < -0.39 is 5.60 Å². The van der Waals surface area contributed by atoms with Crippen LogP contribution in [0.1, 0.15) is 56.0 Å². The summed E-state index contributed by atoms with van der Waals surface area (Å²) in [5.74, 6) is 6.36. The second-order valence-corrected chi connectivity index (χ2v) is 10.5. The third kappa shape index (κ3) is 7.07. The summed E-state index contributed by atoms with van der Waals surface area (Å²) in [6.07, 6.45) is 0. The monoisotopic (exact) mass is 480 g/mol. The van der Waals surface area contributed by atoms with E-state index in [9.17, 15) is 4.79 Å². The molecule has 36 heavy (non-hydrogen) atoms. The molecule has 1 aliphatic rings. The van der Waals surface area contributed by atoms with E-state index in [0.29, 0.717) is 6.54 Å². The number of ether oxygens (including phenoxy) is 1. The molecule has 1 aliphatic heterocycles. The van der Waals surface area contributed by atoms with E-state index in [-0.39, 0.29) is 18.1 Å². The molecule has 0 spiro atoms. The Labute approximate surface area is 215 Å². The quantitative estimate of drug-likeness (QED) is 0.355. The van der Waals surface area contributed by atoms with Gasteiger partial charge in [-0.05, 0) is 63.1 Å². The van der Waals surface area contributed by atoms with Crippen LogP contribution in [0.4, 0.5) is 0 Å². The van der Waals surface area contributed by atoms with Crippen molar-refractivity contribution in [1.29, 1.82) is 0 Å². The Hall–Kier alpha value is -3.39. The highest BCUT2D eigenvalue weighted by Crippen LogP contribution is 2.31. The number of rotatable bonds is 5. The van der Waals surface area contributed by atoms with Crippen LogP contribution in [0.3, 0.4) is 0 Å². The summed E-state index contributed by atoms with van der Waals surface area (Å²) in [6, 6.07) is 29.7. The summed E-state index contributed by atoms with van der Waals surface area (Å²) < 4.78 is 5.56. The van der Waals surface area contributed by atoms with Crippen LogP contribution < -0.4 is 0 Å². The van der Waals surface area contributed by atoms with Gasteiger partial charge in [0.1, 0.15) is 5.60 Å². The van der Waals surface area contributed by atoms with E-state index in [1.807, 2.05) is 51.1 Å². The molecule has 0 aromatic heterocycles. The van der Waals surface area contributed by atoms with Crippen LogP contribution in [0.5, 0.6) is 0 Å². The predicted molar refractivity (Wildman–Crippen MR) is 146 cm³/mol. The molecule has 0 N–H and O–H groups in total. The summed E-state index contributed by atoms with van der Waals surface area (Å²) in [5.41, 5.74) is 4.08. The van der Waals surface area contributed by atoms with Crippen molar-refractivity contribution in [1.82, 2.24) is 9.80 Å². The first kappa shape index (κ1) is 25.7. The maximum atomic E-state index is 12.4. The van der Waals surface area contributed by atoms with Crippen molar-refractivity contribution in [3.8, 4) is 11.8 Å². The smallest absolute Gasteiger partial charge is 0.320 e. The van der Waals surface area contributed by atoms with Crippen molar-refractivity contribution >= 4 is 5.97 Å². The Morgan fingerprint density at radius 3 is 2.00 bits per heavy atom. The first-order valence-electron chi connectivity index (χ1n) is 12.7. The van der Waals surface area contributed by atoms with Gasteiger partial charge in [-0.25, -0.2) is 0 Å². The van der Waals surface area contributed by atoms with Crippen LogP contribution in [-0.4, -0.2) is 53.6 Å². The zero-order valence-corrected chi connectivity index (χ0v) is 21.8. The Morgan fingerprint density at radius 2 is 1.42 bits per heavy atom. The van der Waals surface area contributed by atoms with E-state index >= 15 is 0 Å². The molecule has 3 aromatic carbocycles. The Morgan fingerprint density at radius 1 is 0.861 bits per heavy atom. The maximum absolute atomic E-state index is 12.4. The first-order valence-corrected chi connectivity index (χ1v) is 12.7. The molecule has 3 aromatic rings. The maximum Gasteiger partial charge on any atom is 0.320 e. The van der Waals surface area contributed by atoms with Crippen LogP contribution >= 0.6 is 0 Å². The second kappa shape index (κ2) is 11.6. The first-order chi connectivity index (χ1) is 17.3. The molecule has 4 nitrogen and oxygen atoms in total. The lowest BCUT2D eigenvalue weighted by Crippen LogP contribution is -2.54. The SMILES string of the molecule is C[C@H]1CN([C@H](c2ccccc2)c2ccc(C#Cc3ccccc3)cc2)CCN1CC(=O)OC(C)(C)C. The minimum atomic E-state index is -0.460. The highest BCUT2D eigenvalue weighted by atomic mass is 16.6. The molecular formula is C32H36N2O2. The number of benzene rings is 3. The number of carbonyl (C=O) groups excluding carboxylic acids is 1. The molecular weight excluding hydrogens is 444 g/mol. The highest BCUT2D eigenvalue weighted by molar-refractivity contribution is 5.72. The summed E-state index contributed by atoms with van der Waals surface area (Å²) in [5, 5.41) is 0. The van der Waals surface area contributed by atoms with Gasteiger partial charge in [0.15, 0.2) is 0 Å². The van der Waals surface area contributed by atoms with E-state index in [2.05, 4.69) is 83.2 Å². The van der Waals surface area contributed by atoms with Crippen molar-refractivity contribution in [3.63, 3.8) is 0 Å². The molecule has 2 atom stereocenters. The van der Waals surface area contributed by atoms with Gasteiger partial charge in [0.2, 0.25) is 0 Å². The second-order valence-electron chi connectivity index (χ2n) is 10.5. The van der Waals surface area contributed by atoms with Crippen molar-refractivity contribution in [3.05, 3.63) is 107 Å². The Balaban J connectivity index is 1.50. The van der Waals surface area contributed by atoms with Crippen molar-refractivity contribution < 1.29 is 9.53 Å². The molecule has 0 amide bonds. The summed E-state index contributed by atoms with van der Waals surface area (Å²) in [7, 11) is 0. The van der Waals surface area contributed by atoms with Gasteiger partial charge in [-0.15, -0.1) is 0 Å². The standard InChI is InChI=1S/C32H36N2O2/c1-25-23-34(22-21-33(25)24-30(35)36-32(2,3)4)31(28-13-9-6-10-14-28)29-19-17-27(18-20-29)16-15-26-11-7-5-8-12-26/h5-14,17-20,25,31H,21-24H2,1-4H3/t25-,31+/m0/s1. The molecule has 0 radical (unpaired) electrons. The van der Waals surface area contributed by atoms with Crippen LogP contribution in [0.15, 0.2) is 84.9 Å². The lowest BCUT2D eigenvalue weighted by atomic mass is 9.94. The van der Waals surface area contributed by atoms with Crippen molar-refractivity contribution in [2.24, 2.45) is 0 Å². The van der Waals surface area contributed by atoms with Gasteiger partial charge < -0.3 is 4.74 Å². The van der Waals surface area contributed by atoms with E-state index in [4.69, 9.17) is 4.74 Å². The van der Waals surface area contributed by atoms with Gasteiger partial charge in [-0.3, -0.25) is 14.6 Å². The molecule has 1 fully saturated rings. The van der Waals surface area contributed by atoms with Crippen molar-refractivity contribution in [2.45, 2.75) is 45.4 Å². The fourth-order valence-corrected chi connectivity index (χ4v) is 4.70. The summed E-state index contributed by atoms with van der Waals surface area (Å²) >= 11 is 0. The normalized spacial score (nSPS) is 17.6. The summed E-state index contributed by atoms with van der Waals surface area (Å²) in [4.78, 5) is 17.2. The average Bonchev–Trinajstić information content (AvgIpc) is 2.85. The minimum absolute atomic E-state index is 0.147. The minimum Gasteiger partial charge on any atom is -0.459 e. The molecule has 0 saturated carbocycles. The number of piperazine rings is 1. The fraction of sp³-hybridized carbons (Fsp3) is 0.344. The largest absolute Gasteiger partial charge is 0.459 e. The zero-order valence-electron chi connectivity index (χ0n) is 21.8. The lowest BCUT2D eigenvalue weighted by Gasteiger charge is -2.43. The number of hydrogen-bond donors (Lipinski definition) is 0. The van der Waals surface area contributed by atoms with Gasteiger partial charge in [-0.1, -0.05) is 72.5 Å². The molecule has 4 heteroatoms. The van der Waals surface area contributed by atoms with E-state index in [1.54, 1.807) is 0 Å². The lowest BCUT2D eigenvalue weighted by molar-refractivity contribution is -0.157. The Kier molecular flexibility index (Phi) is 8.25. The van der Waals surface area contributed by atoms with Crippen LogP contribution in [-0.2, 0) is 9.53 Å². The van der Waals surface area contributed by atoms with E-state index in [1.165, 1.54) is 11.1 Å². The van der Waals surface area contributed by atoms with Gasteiger partial charge in [0.05, 0.1) is 12.6 Å². The Bertz CT molecular complexity index is 1190. The van der Waals surface area contributed by atoms with Gasteiger partial charge in [0.25, 0.3) is 0 Å². The van der Waals surface area contributed by atoms with Gasteiger partial charge in [0, 0.05) is 36.8 Å². The number of esters is 1. The van der Waals surface area contributed by atoms with Gasteiger partial charge in [-0.2, -0.15) is 0 Å². The van der Waals surface area contributed by atoms with Crippen LogP contribution in [0.25, 0.3) is 0 Å². The molecule has 0 aliphatic carbocycles. The molecule has 186 valence electrons. The average molecular weight is 481 g/mol. The number of hydrogen-bond acceptors (Lipinski definition) is 4.